The number of nitrogens with zero attached hydrogens (tertiary/aromatic N) is 1. The van der Waals surface area contributed by atoms with Crippen molar-refractivity contribution >= 4 is 45.2 Å². The van der Waals surface area contributed by atoms with E-state index in [0.717, 1.165) is 4.47 Å². The Hall–Kier alpha value is -2.29. The molecule has 2 aromatic carbocycles. The van der Waals surface area contributed by atoms with Gasteiger partial charge in [0.15, 0.2) is 0 Å². The van der Waals surface area contributed by atoms with Crippen molar-refractivity contribution in [2.45, 2.75) is 6.92 Å². The van der Waals surface area contributed by atoms with Gasteiger partial charge in [0, 0.05) is 0 Å². The second kappa shape index (κ2) is 8.53. The maximum atomic E-state index is 12.3. The average molecular weight is 406 g/mol. The molecule has 0 aliphatic carbocycles. The lowest BCUT2D eigenvalue weighted by molar-refractivity contribution is -0.112. The van der Waals surface area contributed by atoms with Gasteiger partial charge in [-0.05, 0) is 58.8 Å². The van der Waals surface area contributed by atoms with Crippen molar-refractivity contribution in [1.29, 1.82) is 5.26 Å². The summed E-state index contributed by atoms with van der Waals surface area (Å²) in [5, 5.41) is 12.3. The Morgan fingerprint density at radius 3 is 2.75 bits per heavy atom. The van der Waals surface area contributed by atoms with Crippen LogP contribution < -0.4 is 10.1 Å². The summed E-state index contributed by atoms with van der Waals surface area (Å²) < 4.78 is 6.19. The maximum absolute atomic E-state index is 12.3. The van der Waals surface area contributed by atoms with E-state index < -0.39 is 5.91 Å². The van der Waals surface area contributed by atoms with Gasteiger partial charge >= 0.3 is 0 Å². The molecule has 2 aromatic rings. The fourth-order valence-corrected chi connectivity index (χ4v) is 2.64. The molecule has 1 amide bonds. The Morgan fingerprint density at radius 2 is 2.12 bits per heavy atom. The zero-order chi connectivity index (χ0) is 17.5. The van der Waals surface area contributed by atoms with Gasteiger partial charge in [-0.25, -0.2) is 0 Å². The number of rotatable bonds is 5. The molecule has 0 fully saturated rings. The summed E-state index contributed by atoms with van der Waals surface area (Å²) in [7, 11) is 0. The van der Waals surface area contributed by atoms with Gasteiger partial charge in [0.25, 0.3) is 5.91 Å². The number of amides is 1. The van der Waals surface area contributed by atoms with Crippen LogP contribution in [0.4, 0.5) is 5.69 Å². The van der Waals surface area contributed by atoms with Gasteiger partial charge < -0.3 is 10.1 Å². The first-order valence-corrected chi connectivity index (χ1v) is 8.32. The van der Waals surface area contributed by atoms with Crippen LogP contribution in [-0.2, 0) is 4.79 Å². The molecule has 0 radical (unpaired) electrons. The van der Waals surface area contributed by atoms with Gasteiger partial charge in [0.05, 0.1) is 21.8 Å². The Morgan fingerprint density at radius 1 is 1.38 bits per heavy atom. The fraction of sp³-hybridized carbons (Fsp3) is 0.111. The molecule has 0 saturated heterocycles. The van der Waals surface area contributed by atoms with E-state index in [-0.39, 0.29) is 5.57 Å². The molecular formula is C18H14BrClN2O2. The number of carbonyl (C=O) groups excluding carboxylic acids is 1. The van der Waals surface area contributed by atoms with Crippen molar-refractivity contribution in [1.82, 2.24) is 0 Å². The largest absolute Gasteiger partial charge is 0.493 e. The molecule has 6 heteroatoms. The van der Waals surface area contributed by atoms with Gasteiger partial charge in [-0.3, -0.25) is 4.79 Å². The molecule has 122 valence electrons. The summed E-state index contributed by atoms with van der Waals surface area (Å²) in [5.41, 5.74) is 1.14. The van der Waals surface area contributed by atoms with Crippen LogP contribution in [0.3, 0.4) is 0 Å². The van der Waals surface area contributed by atoms with Gasteiger partial charge in [0.2, 0.25) is 0 Å². The van der Waals surface area contributed by atoms with Crippen molar-refractivity contribution in [3.63, 3.8) is 0 Å². The number of hydrogen-bond donors (Lipinski definition) is 1. The van der Waals surface area contributed by atoms with E-state index >= 15 is 0 Å². The number of ether oxygens (including phenoxy) is 1. The molecule has 0 saturated carbocycles. The number of hydrogen-bond acceptors (Lipinski definition) is 3. The average Bonchev–Trinajstić information content (AvgIpc) is 2.57. The molecule has 0 spiro atoms. The molecule has 4 nitrogen and oxygen atoms in total. The lowest BCUT2D eigenvalue weighted by Crippen LogP contribution is -2.13. The van der Waals surface area contributed by atoms with E-state index in [4.69, 9.17) is 16.3 Å². The standard InChI is InChI=1S/C18H14BrClN2O2/c1-2-24-17-8-7-12(10-14(17)19)9-13(11-21)18(23)22-16-6-4-3-5-15(16)20/h3-10H,2H2,1H3,(H,22,23)/b13-9+. The van der Waals surface area contributed by atoms with E-state index in [1.54, 1.807) is 42.5 Å². The first-order valence-electron chi connectivity index (χ1n) is 7.15. The molecule has 0 bridgehead atoms. The van der Waals surface area contributed by atoms with Gasteiger partial charge in [-0.1, -0.05) is 29.8 Å². The van der Waals surface area contributed by atoms with Crippen LogP contribution in [-0.4, -0.2) is 12.5 Å². The predicted molar refractivity (Wildman–Crippen MR) is 99.0 cm³/mol. The molecule has 2 rings (SSSR count). The highest BCUT2D eigenvalue weighted by atomic mass is 79.9. The molecular weight excluding hydrogens is 392 g/mol. The van der Waals surface area contributed by atoms with Crippen molar-refractivity contribution in [3.8, 4) is 11.8 Å². The summed E-state index contributed by atoms with van der Waals surface area (Å²) in [6.07, 6.45) is 1.51. The highest BCUT2D eigenvalue weighted by Gasteiger charge is 2.11. The monoisotopic (exact) mass is 404 g/mol. The van der Waals surface area contributed by atoms with Crippen LogP contribution in [0.5, 0.6) is 5.75 Å². The number of halogens is 2. The summed E-state index contributed by atoms with van der Waals surface area (Å²) >= 11 is 9.41. The van der Waals surface area contributed by atoms with Gasteiger partial charge in [-0.2, -0.15) is 5.26 Å². The van der Waals surface area contributed by atoms with Crippen molar-refractivity contribution in [2.75, 3.05) is 11.9 Å². The van der Waals surface area contributed by atoms with Crippen LogP contribution in [0.15, 0.2) is 52.5 Å². The molecule has 0 atom stereocenters. The topological polar surface area (TPSA) is 62.1 Å². The zero-order valence-electron chi connectivity index (χ0n) is 12.8. The highest BCUT2D eigenvalue weighted by molar-refractivity contribution is 9.10. The highest BCUT2D eigenvalue weighted by Crippen LogP contribution is 2.27. The second-order valence-electron chi connectivity index (χ2n) is 4.73. The number of carbonyl (C=O) groups is 1. The Kier molecular flexibility index (Phi) is 6.42. The molecule has 0 heterocycles. The first kappa shape index (κ1) is 18.1. The number of anilines is 1. The SMILES string of the molecule is CCOc1ccc(/C=C(\C#N)C(=O)Nc2ccccc2Cl)cc1Br. The summed E-state index contributed by atoms with van der Waals surface area (Å²) in [5.74, 6) is 0.185. The third-order valence-corrected chi connectivity index (χ3v) is 4.00. The van der Waals surface area contributed by atoms with Crippen LogP contribution in [0.25, 0.3) is 6.08 Å². The van der Waals surface area contributed by atoms with E-state index in [9.17, 15) is 10.1 Å². The normalized spacial score (nSPS) is 10.8. The van der Waals surface area contributed by atoms with E-state index in [2.05, 4.69) is 21.2 Å². The minimum Gasteiger partial charge on any atom is -0.493 e. The molecule has 24 heavy (non-hydrogen) atoms. The Bertz CT molecular complexity index is 828. The minimum atomic E-state index is -0.518. The quantitative estimate of drug-likeness (QED) is 0.559. The first-order chi connectivity index (χ1) is 11.5. The van der Waals surface area contributed by atoms with Crippen LogP contribution in [0, 0.1) is 11.3 Å². The third-order valence-electron chi connectivity index (χ3n) is 3.05. The van der Waals surface area contributed by atoms with E-state index in [1.165, 1.54) is 6.08 Å². The Balaban J connectivity index is 2.23. The van der Waals surface area contributed by atoms with E-state index in [0.29, 0.717) is 28.6 Å². The number of nitriles is 1. The molecule has 0 aliphatic heterocycles. The Labute approximate surface area is 153 Å². The van der Waals surface area contributed by atoms with Crippen LogP contribution in [0.1, 0.15) is 12.5 Å². The minimum absolute atomic E-state index is 0.0222. The smallest absolute Gasteiger partial charge is 0.266 e. The van der Waals surface area contributed by atoms with Gasteiger partial charge in [-0.15, -0.1) is 0 Å². The maximum Gasteiger partial charge on any atom is 0.266 e. The van der Waals surface area contributed by atoms with Crippen molar-refractivity contribution in [2.24, 2.45) is 0 Å². The van der Waals surface area contributed by atoms with Crippen molar-refractivity contribution < 1.29 is 9.53 Å². The van der Waals surface area contributed by atoms with E-state index in [1.807, 2.05) is 13.0 Å². The van der Waals surface area contributed by atoms with Crippen molar-refractivity contribution in [3.05, 3.63) is 63.1 Å². The molecule has 0 aliphatic rings. The molecule has 0 unspecified atom stereocenters. The number of benzene rings is 2. The third kappa shape index (κ3) is 4.60. The summed E-state index contributed by atoms with van der Waals surface area (Å²) in [6.45, 7) is 2.45. The number of para-hydroxylation sites is 1. The summed E-state index contributed by atoms with van der Waals surface area (Å²) in [6, 6.07) is 14.1. The lowest BCUT2D eigenvalue weighted by atomic mass is 10.1. The predicted octanol–water partition coefficient (Wildman–Crippen LogP) is 5.05. The fourth-order valence-electron chi connectivity index (χ4n) is 1.95. The van der Waals surface area contributed by atoms with Gasteiger partial charge in [0.1, 0.15) is 17.4 Å². The van der Waals surface area contributed by atoms with Crippen LogP contribution >= 0.6 is 27.5 Å². The van der Waals surface area contributed by atoms with Crippen LogP contribution in [0.2, 0.25) is 5.02 Å². The second-order valence-corrected chi connectivity index (χ2v) is 5.99. The molecule has 0 aromatic heterocycles. The number of nitrogens with one attached hydrogen (secondary N) is 1. The molecule has 1 N–H and O–H groups in total. The lowest BCUT2D eigenvalue weighted by Gasteiger charge is -2.07. The summed E-state index contributed by atoms with van der Waals surface area (Å²) in [4.78, 5) is 12.3. The zero-order valence-corrected chi connectivity index (χ0v) is 15.2.